The van der Waals surface area contributed by atoms with E-state index < -0.39 is 0 Å². The molecular formula is C11H15FO. The predicted octanol–water partition coefficient (Wildman–Crippen LogP) is 2.75. The van der Waals surface area contributed by atoms with E-state index in [0.29, 0.717) is 5.56 Å². The summed E-state index contributed by atoms with van der Waals surface area (Å²) in [6.45, 7) is 5.62. The molecule has 2 heteroatoms. The molecule has 0 heterocycles. The highest BCUT2D eigenvalue weighted by Gasteiger charge is 2.11. The van der Waals surface area contributed by atoms with Crippen molar-refractivity contribution in [3.63, 3.8) is 0 Å². The van der Waals surface area contributed by atoms with Crippen LogP contribution in [0.25, 0.3) is 0 Å². The minimum Gasteiger partial charge on any atom is -0.392 e. The maximum Gasteiger partial charge on any atom is 0.129 e. The topological polar surface area (TPSA) is 20.2 Å². The van der Waals surface area contributed by atoms with E-state index in [1.165, 1.54) is 6.07 Å². The third kappa shape index (κ3) is 2.07. The molecule has 1 nitrogen and oxygen atoms in total. The van der Waals surface area contributed by atoms with Gasteiger partial charge in [0.2, 0.25) is 0 Å². The third-order valence-corrected chi connectivity index (χ3v) is 2.15. The van der Waals surface area contributed by atoms with E-state index in [1.54, 1.807) is 0 Å². The van der Waals surface area contributed by atoms with E-state index in [1.807, 2.05) is 26.8 Å². The Bertz CT molecular complexity index is 305. The molecule has 0 radical (unpaired) electrons. The number of halogens is 1. The van der Waals surface area contributed by atoms with Gasteiger partial charge in [-0.25, -0.2) is 4.39 Å². The van der Waals surface area contributed by atoms with Crippen molar-refractivity contribution in [2.75, 3.05) is 0 Å². The molecule has 0 aromatic heterocycles. The molecule has 0 amide bonds. The first-order valence-electron chi connectivity index (χ1n) is 4.46. The number of benzene rings is 1. The Morgan fingerprint density at radius 1 is 1.38 bits per heavy atom. The fraction of sp³-hybridized carbons (Fsp3) is 0.455. The lowest BCUT2D eigenvalue weighted by Gasteiger charge is -2.12. The Morgan fingerprint density at radius 2 is 2.00 bits per heavy atom. The summed E-state index contributed by atoms with van der Waals surface area (Å²) in [5.41, 5.74) is 2.24. The first-order chi connectivity index (χ1) is 6.06. The van der Waals surface area contributed by atoms with Crippen molar-refractivity contribution in [1.82, 2.24) is 0 Å². The van der Waals surface area contributed by atoms with Gasteiger partial charge in [0.15, 0.2) is 0 Å². The zero-order chi connectivity index (χ0) is 10.0. The Morgan fingerprint density at radius 3 is 2.46 bits per heavy atom. The number of aryl methyl sites for hydroxylation is 1. The number of aliphatic hydroxyl groups excluding tert-OH is 1. The molecule has 0 aliphatic heterocycles. The molecule has 0 aliphatic rings. The molecule has 1 aromatic rings. The van der Waals surface area contributed by atoms with E-state index in [0.717, 1.165) is 11.1 Å². The maximum atomic E-state index is 13.3. The quantitative estimate of drug-likeness (QED) is 0.745. The van der Waals surface area contributed by atoms with Crippen molar-refractivity contribution >= 4 is 0 Å². The van der Waals surface area contributed by atoms with E-state index >= 15 is 0 Å². The summed E-state index contributed by atoms with van der Waals surface area (Å²) in [7, 11) is 0. The van der Waals surface area contributed by atoms with Gasteiger partial charge in [0.25, 0.3) is 0 Å². The normalized spacial score (nSPS) is 10.9. The third-order valence-electron chi connectivity index (χ3n) is 2.15. The number of hydrogen-bond donors (Lipinski definition) is 1. The molecule has 13 heavy (non-hydrogen) atoms. The summed E-state index contributed by atoms with van der Waals surface area (Å²) in [5.74, 6) is -0.0530. The van der Waals surface area contributed by atoms with Gasteiger partial charge in [0.05, 0.1) is 6.61 Å². The smallest absolute Gasteiger partial charge is 0.129 e. The van der Waals surface area contributed by atoms with E-state index in [4.69, 9.17) is 5.11 Å². The molecule has 0 aliphatic carbocycles. The average molecular weight is 182 g/mol. The number of hydrogen-bond acceptors (Lipinski definition) is 1. The molecule has 0 fully saturated rings. The van der Waals surface area contributed by atoms with Crippen molar-refractivity contribution < 1.29 is 9.50 Å². The van der Waals surface area contributed by atoms with Crippen LogP contribution in [0, 0.1) is 12.7 Å². The van der Waals surface area contributed by atoms with Crippen LogP contribution < -0.4 is 0 Å². The Labute approximate surface area is 78.2 Å². The van der Waals surface area contributed by atoms with Crippen LogP contribution in [0.1, 0.15) is 36.5 Å². The second-order valence-corrected chi connectivity index (χ2v) is 3.63. The van der Waals surface area contributed by atoms with Crippen molar-refractivity contribution in [2.24, 2.45) is 0 Å². The monoisotopic (exact) mass is 182 g/mol. The SMILES string of the molecule is Cc1cc(F)c(CO)c(C(C)C)c1. The van der Waals surface area contributed by atoms with Gasteiger partial charge in [-0.3, -0.25) is 0 Å². The highest BCUT2D eigenvalue weighted by Crippen LogP contribution is 2.23. The lowest BCUT2D eigenvalue weighted by atomic mass is 9.95. The fourth-order valence-electron chi connectivity index (χ4n) is 1.48. The average Bonchev–Trinajstić information content (AvgIpc) is 2.02. The molecule has 0 saturated carbocycles. The molecule has 0 atom stereocenters. The maximum absolute atomic E-state index is 13.3. The standard InChI is InChI=1S/C11H15FO/c1-7(2)9-4-8(3)5-11(12)10(9)6-13/h4-5,7,13H,6H2,1-3H3. The lowest BCUT2D eigenvalue weighted by molar-refractivity contribution is 0.274. The second kappa shape index (κ2) is 3.88. The Hall–Kier alpha value is -0.890. The minimum atomic E-state index is -0.300. The fourth-order valence-corrected chi connectivity index (χ4v) is 1.48. The van der Waals surface area contributed by atoms with Crippen LogP contribution in [0.4, 0.5) is 4.39 Å². The van der Waals surface area contributed by atoms with Gasteiger partial charge in [0.1, 0.15) is 5.82 Å². The number of aliphatic hydroxyl groups is 1. The first-order valence-corrected chi connectivity index (χ1v) is 4.46. The van der Waals surface area contributed by atoms with Gasteiger partial charge < -0.3 is 5.11 Å². The molecule has 1 aromatic carbocycles. The lowest BCUT2D eigenvalue weighted by Crippen LogP contribution is -2.01. The van der Waals surface area contributed by atoms with E-state index in [2.05, 4.69) is 0 Å². The van der Waals surface area contributed by atoms with Crippen molar-refractivity contribution in [3.8, 4) is 0 Å². The molecule has 72 valence electrons. The Balaban J connectivity index is 3.29. The second-order valence-electron chi connectivity index (χ2n) is 3.63. The van der Waals surface area contributed by atoms with Crippen LogP contribution >= 0.6 is 0 Å². The summed E-state index contributed by atoms with van der Waals surface area (Å²) in [4.78, 5) is 0. The van der Waals surface area contributed by atoms with E-state index in [9.17, 15) is 4.39 Å². The zero-order valence-corrected chi connectivity index (χ0v) is 8.26. The molecule has 0 spiro atoms. The summed E-state index contributed by atoms with van der Waals surface area (Å²) in [6, 6.07) is 3.39. The Kier molecular flexibility index (Phi) is 3.04. The predicted molar refractivity (Wildman–Crippen MR) is 51.1 cm³/mol. The van der Waals surface area contributed by atoms with Gasteiger partial charge >= 0.3 is 0 Å². The van der Waals surface area contributed by atoms with Gasteiger partial charge in [-0.15, -0.1) is 0 Å². The van der Waals surface area contributed by atoms with Gasteiger partial charge in [-0.2, -0.15) is 0 Å². The van der Waals surface area contributed by atoms with Crippen molar-refractivity contribution in [1.29, 1.82) is 0 Å². The number of rotatable bonds is 2. The molecule has 1 rings (SSSR count). The highest BCUT2D eigenvalue weighted by atomic mass is 19.1. The van der Waals surface area contributed by atoms with Gasteiger partial charge in [-0.1, -0.05) is 19.9 Å². The molecule has 0 unspecified atom stereocenters. The van der Waals surface area contributed by atoms with Crippen LogP contribution in [0.2, 0.25) is 0 Å². The highest BCUT2D eigenvalue weighted by molar-refractivity contribution is 5.34. The first kappa shape index (κ1) is 10.2. The molecule has 0 saturated heterocycles. The largest absolute Gasteiger partial charge is 0.392 e. The van der Waals surface area contributed by atoms with Crippen LogP contribution in [-0.4, -0.2) is 5.11 Å². The summed E-state index contributed by atoms with van der Waals surface area (Å²) >= 11 is 0. The molecule has 0 bridgehead atoms. The van der Waals surface area contributed by atoms with Crippen LogP contribution in [0.5, 0.6) is 0 Å². The summed E-state index contributed by atoms with van der Waals surface area (Å²) < 4.78 is 13.3. The molecular weight excluding hydrogens is 167 g/mol. The zero-order valence-electron chi connectivity index (χ0n) is 8.26. The molecule has 1 N–H and O–H groups in total. The van der Waals surface area contributed by atoms with Gasteiger partial charge in [0, 0.05) is 5.56 Å². The summed E-state index contributed by atoms with van der Waals surface area (Å²) in [5, 5.41) is 9.00. The van der Waals surface area contributed by atoms with Crippen molar-refractivity contribution in [3.05, 3.63) is 34.6 Å². The van der Waals surface area contributed by atoms with Gasteiger partial charge in [-0.05, 0) is 30.0 Å². The summed E-state index contributed by atoms with van der Waals surface area (Å²) in [6.07, 6.45) is 0. The van der Waals surface area contributed by atoms with Crippen LogP contribution in [-0.2, 0) is 6.61 Å². The minimum absolute atomic E-state index is 0.223. The van der Waals surface area contributed by atoms with E-state index in [-0.39, 0.29) is 18.3 Å². The van der Waals surface area contributed by atoms with Crippen LogP contribution in [0.15, 0.2) is 12.1 Å². The van der Waals surface area contributed by atoms with Crippen molar-refractivity contribution in [2.45, 2.75) is 33.3 Å². The van der Waals surface area contributed by atoms with Crippen LogP contribution in [0.3, 0.4) is 0 Å².